The van der Waals surface area contributed by atoms with Gasteiger partial charge in [0, 0.05) is 24.5 Å². The molecule has 0 atom stereocenters. The molecule has 0 aliphatic carbocycles. The minimum absolute atomic E-state index is 0.199. The number of nitrogens with one attached hydrogen (secondary N) is 2. The second-order valence-corrected chi connectivity index (χ2v) is 9.07. The lowest BCUT2D eigenvalue weighted by Crippen LogP contribution is -2.32. The van der Waals surface area contributed by atoms with Gasteiger partial charge in [0.2, 0.25) is 20.0 Å². The van der Waals surface area contributed by atoms with E-state index in [0.717, 1.165) is 0 Å². The van der Waals surface area contributed by atoms with Crippen molar-refractivity contribution in [2.75, 3.05) is 0 Å². The Bertz CT molecular complexity index is 642. The van der Waals surface area contributed by atoms with Gasteiger partial charge in [0.15, 0.2) is 0 Å². The molecular weight excluding hydrogens is 328 g/mol. The molecule has 0 aromatic carbocycles. The smallest absolute Gasteiger partial charge is 0.217 e. The fourth-order valence-corrected chi connectivity index (χ4v) is 4.44. The highest BCUT2D eigenvalue weighted by Gasteiger charge is 2.17. The molecule has 1 rings (SSSR count). The Balaban J connectivity index is 2.87. The first-order valence-corrected chi connectivity index (χ1v) is 10.1. The Hall–Kier alpha value is -1.10. The molecule has 0 unspecified atom stereocenters. The topological polar surface area (TPSA) is 118 Å². The molecule has 1 aromatic rings. The number of aromatic nitrogens is 2. The van der Waals surface area contributed by atoms with Crippen LogP contribution in [0.25, 0.3) is 0 Å². The molecule has 0 aliphatic heterocycles. The molecule has 8 nitrogen and oxygen atoms in total. The van der Waals surface area contributed by atoms with Gasteiger partial charge in [-0.1, -0.05) is 0 Å². The normalized spacial score (nSPS) is 13.0. The van der Waals surface area contributed by atoms with E-state index < -0.39 is 20.0 Å². The van der Waals surface area contributed by atoms with E-state index in [-0.39, 0.29) is 35.0 Å². The molecule has 0 spiro atoms. The van der Waals surface area contributed by atoms with E-state index in [9.17, 15) is 16.8 Å². The van der Waals surface area contributed by atoms with E-state index in [1.54, 1.807) is 27.7 Å². The van der Waals surface area contributed by atoms with Gasteiger partial charge in [-0.3, -0.25) is 9.97 Å². The zero-order chi connectivity index (χ0) is 17.0. The Labute approximate surface area is 131 Å². The highest BCUT2D eigenvalue weighted by Crippen LogP contribution is 2.06. The molecule has 0 saturated carbocycles. The average molecular weight is 350 g/mol. The highest BCUT2D eigenvalue weighted by molar-refractivity contribution is 7.89. The molecular formula is C12H22N4O4S2. The quantitative estimate of drug-likeness (QED) is 0.688. The Kier molecular flexibility index (Phi) is 6.41. The van der Waals surface area contributed by atoms with Gasteiger partial charge in [-0.05, 0) is 27.7 Å². The van der Waals surface area contributed by atoms with Crippen LogP contribution in [-0.2, 0) is 31.6 Å². The zero-order valence-corrected chi connectivity index (χ0v) is 14.7. The number of hydrogen-bond acceptors (Lipinski definition) is 6. The van der Waals surface area contributed by atoms with Gasteiger partial charge < -0.3 is 0 Å². The summed E-state index contributed by atoms with van der Waals surface area (Å²) in [5, 5.41) is 0. The lowest BCUT2D eigenvalue weighted by Gasteiger charge is -2.11. The maximum Gasteiger partial charge on any atom is 0.217 e. The number of hydrogen-bond donors (Lipinski definition) is 2. The minimum atomic E-state index is -3.53. The predicted molar refractivity (Wildman–Crippen MR) is 83.8 cm³/mol. The van der Waals surface area contributed by atoms with Crippen molar-refractivity contribution in [3.05, 3.63) is 23.8 Å². The summed E-state index contributed by atoms with van der Waals surface area (Å²) in [6.07, 6.45) is 2.62. The molecule has 1 aromatic heterocycles. The molecule has 0 radical (unpaired) electrons. The fourth-order valence-electron chi connectivity index (χ4n) is 1.78. The van der Waals surface area contributed by atoms with Gasteiger partial charge in [0.25, 0.3) is 0 Å². The van der Waals surface area contributed by atoms with Gasteiger partial charge in [0.1, 0.15) is 11.5 Å². The van der Waals surface area contributed by atoms with Crippen molar-refractivity contribution in [1.82, 2.24) is 19.4 Å². The maximum absolute atomic E-state index is 11.8. The van der Waals surface area contributed by atoms with Crippen LogP contribution < -0.4 is 9.44 Å². The SMILES string of the molecule is CC(C)NS(=O)(=O)Cc1cncc(CS(=O)(=O)NC(C)C)n1. The van der Waals surface area contributed by atoms with Crippen LogP contribution in [-0.4, -0.2) is 38.9 Å². The van der Waals surface area contributed by atoms with Crippen molar-refractivity contribution in [2.24, 2.45) is 0 Å². The van der Waals surface area contributed by atoms with Crippen molar-refractivity contribution in [1.29, 1.82) is 0 Å². The Morgan fingerprint density at radius 3 is 1.55 bits per heavy atom. The summed E-state index contributed by atoms with van der Waals surface area (Å²) < 4.78 is 52.2. The molecule has 10 heteroatoms. The minimum Gasteiger partial charge on any atom is -0.261 e. The van der Waals surface area contributed by atoms with Gasteiger partial charge >= 0.3 is 0 Å². The van der Waals surface area contributed by atoms with Gasteiger partial charge in [0.05, 0.1) is 11.4 Å². The number of rotatable bonds is 8. The molecule has 0 aliphatic rings. The molecule has 0 amide bonds. The summed E-state index contributed by atoms with van der Waals surface area (Å²) in [5.41, 5.74) is 0.399. The number of nitrogens with zero attached hydrogens (tertiary/aromatic N) is 2. The van der Waals surface area contributed by atoms with Crippen LogP contribution in [0, 0.1) is 0 Å². The first-order chi connectivity index (χ1) is 9.99. The summed E-state index contributed by atoms with van der Waals surface area (Å²) in [7, 11) is -7.06. The van der Waals surface area contributed by atoms with Crippen molar-refractivity contribution < 1.29 is 16.8 Å². The summed E-state index contributed by atoms with van der Waals surface area (Å²) in [6.45, 7) is 6.85. The third-order valence-corrected chi connectivity index (χ3v) is 5.25. The van der Waals surface area contributed by atoms with Crippen LogP contribution in [0.2, 0.25) is 0 Å². The Morgan fingerprint density at radius 2 is 1.23 bits per heavy atom. The molecule has 126 valence electrons. The van der Waals surface area contributed by atoms with E-state index in [2.05, 4.69) is 19.4 Å². The van der Waals surface area contributed by atoms with Crippen LogP contribution in [0.1, 0.15) is 39.1 Å². The van der Waals surface area contributed by atoms with Crippen molar-refractivity contribution in [3.8, 4) is 0 Å². The van der Waals surface area contributed by atoms with E-state index in [0.29, 0.717) is 0 Å². The van der Waals surface area contributed by atoms with Gasteiger partial charge in [-0.25, -0.2) is 26.3 Å². The molecule has 0 fully saturated rings. The standard InChI is InChI=1S/C12H22N4O4S2/c1-9(2)15-21(17,18)7-11-5-13-6-12(14-11)8-22(19,20)16-10(3)4/h5-6,9-10,15-16H,7-8H2,1-4H3. The molecule has 1 heterocycles. The first kappa shape index (κ1) is 18.9. The Morgan fingerprint density at radius 1 is 0.864 bits per heavy atom. The lowest BCUT2D eigenvalue weighted by atomic mass is 10.4. The lowest BCUT2D eigenvalue weighted by molar-refractivity contribution is 0.567. The van der Waals surface area contributed by atoms with E-state index in [1.807, 2.05) is 0 Å². The monoisotopic (exact) mass is 350 g/mol. The largest absolute Gasteiger partial charge is 0.261 e. The second kappa shape index (κ2) is 7.44. The third kappa shape index (κ3) is 7.25. The summed E-state index contributed by atoms with van der Waals surface area (Å²) >= 11 is 0. The first-order valence-electron chi connectivity index (χ1n) is 6.79. The van der Waals surface area contributed by atoms with E-state index in [1.165, 1.54) is 12.4 Å². The molecule has 2 N–H and O–H groups in total. The molecule has 0 bridgehead atoms. The van der Waals surface area contributed by atoms with Crippen LogP contribution in [0.5, 0.6) is 0 Å². The van der Waals surface area contributed by atoms with Gasteiger partial charge in [-0.2, -0.15) is 0 Å². The molecule has 22 heavy (non-hydrogen) atoms. The predicted octanol–water partition coefficient (Wildman–Crippen LogP) is 0.132. The van der Waals surface area contributed by atoms with E-state index >= 15 is 0 Å². The van der Waals surface area contributed by atoms with Gasteiger partial charge in [-0.15, -0.1) is 0 Å². The summed E-state index contributed by atoms with van der Waals surface area (Å²) in [6, 6.07) is -0.450. The summed E-state index contributed by atoms with van der Waals surface area (Å²) in [4.78, 5) is 7.92. The second-order valence-electron chi connectivity index (χ2n) is 5.57. The fraction of sp³-hybridized carbons (Fsp3) is 0.667. The van der Waals surface area contributed by atoms with E-state index in [4.69, 9.17) is 0 Å². The van der Waals surface area contributed by atoms with Crippen molar-refractivity contribution in [2.45, 2.75) is 51.3 Å². The van der Waals surface area contributed by atoms with Crippen molar-refractivity contribution >= 4 is 20.0 Å². The maximum atomic E-state index is 11.8. The highest BCUT2D eigenvalue weighted by atomic mass is 32.2. The zero-order valence-electron chi connectivity index (χ0n) is 13.1. The summed E-state index contributed by atoms with van der Waals surface area (Å²) in [5.74, 6) is -0.687. The molecule has 0 saturated heterocycles. The number of sulfonamides is 2. The average Bonchev–Trinajstić information content (AvgIpc) is 2.23. The third-order valence-electron chi connectivity index (χ3n) is 2.24. The van der Waals surface area contributed by atoms with Crippen LogP contribution >= 0.6 is 0 Å². The van der Waals surface area contributed by atoms with Crippen LogP contribution in [0.3, 0.4) is 0 Å². The van der Waals surface area contributed by atoms with Crippen molar-refractivity contribution in [3.63, 3.8) is 0 Å². The van der Waals surface area contributed by atoms with Crippen LogP contribution in [0.4, 0.5) is 0 Å². The van der Waals surface area contributed by atoms with Crippen LogP contribution in [0.15, 0.2) is 12.4 Å².